The van der Waals surface area contributed by atoms with Gasteiger partial charge in [-0.2, -0.15) is 0 Å². The molecule has 1 N–H and O–H groups in total. The van der Waals surface area contributed by atoms with Gasteiger partial charge >= 0.3 is 0 Å². The van der Waals surface area contributed by atoms with Crippen LogP contribution in [0.2, 0.25) is 0 Å². The Morgan fingerprint density at radius 3 is 2.63 bits per heavy atom. The van der Waals surface area contributed by atoms with Gasteiger partial charge in [-0.3, -0.25) is 19.3 Å². The fourth-order valence-electron chi connectivity index (χ4n) is 2.53. The summed E-state index contributed by atoms with van der Waals surface area (Å²) in [5.41, 5.74) is 2.63. The fraction of sp³-hybridized carbons (Fsp3) is 0.0952. The summed E-state index contributed by atoms with van der Waals surface area (Å²) in [6.07, 6.45) is 5.16. The quantitative estimate of drug-likeness (QED) is 0.791. The van der Waals surface area contributed by atoms with Gasteiger partial charge in [-0.05, 0) is 48.0 Å². The van der Waals surface area contributed by atoms with Crippen LogP contribution >= 0.6 is 11.8 Å². The van der Waals surface area contributed by atoms with Crippen LogP contribution in [0.15, 0.2) is 71.7 Å². The molecule has 1 fully saturated rings. The number of rotatable bonds is 5. The lowest BCUT2D eigenvalue weighted by Crippen LogP contribution is -2.36. The first-order valence-electron chi connectivity index (χ1n) is 8.36. The molecule has 0 bridgehead atoms. The van der Waals surface area contributed by atoms with Crippen LogP contribution in [0.1, 0.15) is 11.1 Å². The zero-order valence-corrected chi connectivity index (χ0v) is 15.5. The summed E-state index contributed by atoms with van der Waals surface area (Å²) in [6, 6.07) is 16.9. The van der Waals surface area contributed by atoms with Gasteiger partial charge in [0, 0.05) is 5.69 Å². The Hall–Kier alpha value is -3.12. The second-order valence-corrected chi connectivity index (χ2v) is 6.97. The zero-order chi connectivity index (χ0) is 19.2. The Balaban J connectivity index is 1.62. The van der Waals surface area contributed by atoms with Crippen molar-refractivity contribution in [3.63, 3.8) is 0 Å². The Kier molecular flexibility index (Phi) is 5.88. The van der Waals surface area contributed by atoms with Crippen molar-refractivity contribution in [2.45, 2.75) is 6.92 Å². The minimum Gasteiger partial charge on any atom is -0.325 e. The molecule has 1 heterocycles. The monoisotopic (exact) mass is 378 g/mol. The third-order valence-electron chi connectivity index (χ3n) is 3.81. The maximum absolute atomic E-state index is 12.4. The van der Waals surface area contributed by atoms with E-state index >= 15 is 0 Å². The Morgan fingerprint density at radius 2 is 1.89 bits per heavy atom. The minimum atomic E-state index is -0.456. The fourth-order valence-corrected chi connectivity index (χ4v) is 3.32. The molecule has 3 amide bonds. The second kappa shape index (κ2) is 8.51. The molecule has 1 aliphatic rings. The zero-order valence-electron chi connectivity index (χ0n) is 14.7. The van der Waals surface area contributed by atoms with Crippen molar-refractivity contribution in [2.24, 2.45) is 0 Å². The summed E-state index contributed by atoms with van der Waals surface area (Å²) in [7, 11) is 0. The average molecular weight is 378 g/mol. The van der Waals surface area contributed by atoms with E-state index < -0.39 is 17.1 Å². The highest BCUT2D eigenvalue weighted by molar-refractivity contribution is 8.18. The van der Waals surface area contributed by atoms with Crippen LogP contribution in [0.25, 0.3) is 6.08 Å². The number of nitrogens with one attached hydrogen (secondary N) is 1. The van der Waals surface area contributed by atoms with Gasteiger partial charge in [0.05, 0.1) is 4.91 Å². The molecule has 2 aromatic carbocycles. The highest BCUT2D eigenvalue weighted by Crippen LogP contribution is 2.30. The van der Waals surface area contributed by atoms with Crippen LogP contribution in [0.4, 0.5) is 10.5 Å². The van der Waals surface area contributed by atoms with Crippen LogP contribution in [-0.4, -0.2) is 28.5 Å². The summed E-state index contributed by atoms with van der Waals surface area (Å²) in [6.45, 7) is 1.61. The molecular formula is C21H18N2O3S. The number of benzene rings is 2. The van der Waals surface area contributed by atoms with Crippen LogP contribution in [0.3, 0.4) is 0 Å². The van der Waals surface area contributed by atoms with Gasteiger partial charge in [-0.1, -0.05) is 54.6 Å². The molecule has 1 aliphatic heterocycles. The molecular weight excluding hydrogens is 360 g/mol. The number of thioether (sulfide) groups is 1. The van der Waals surface area contributed by atoms with Crippen molar-refractivity contribution >= 4 is 40.6 Å². The molecule has 0 spiro atoms. The molecule has 0 unspecified atom stereocenters. The minimum absolute atomic E-state index is 0.301. The number of imide groups is 1. The highest BCUT2D eigenvalue weighted by atomic mass is 32.2. The number of carbonyl (C=O) groups excluding carboxylic acids is 3. The van der Waals surface area contributed by atoms with Crippen LogP contribution in [-0.2, 0) is 9.59 Å². The first-order valence-corrected chi connectivity index (χ1v) is 9.18. The lowest BCUT2D eigenvalue weighted by Gasteiger charge is -2.12. The molecule has 3 rings (SSSR count). The number of allylic oxidation sites excluding steroid dienone is 2. The van der Waals surface area contributed by atoms with Crippen molar-refractivity contribution in [2.75, 3.05) is 11.9 Å². The maximum atomic E-state index is 12.4. The maximum Gasteiger partial charge on any atom is 0.294 e. The van der Waals surface area contributed by atoms with Crippen LogP contribution < -0.4 is 5.32 Å². The Labute approximate surface area is 161 Å². The van der Waals surface area contributed by atoms with Crippen LogP contribution in [0, 0.1) is 6.92 Å². The topological polar surface area (TPSA) is 66.5 Å². The molecule has 27 heavy (non-hydrogen) atoms. The van der Waals surface area contributed by atoms with E-state index in [1.165, 1.54) is 0 Å². The van der Waals surface area contributed by atoms with Gasteiger partial charge in [-0.25, -0.2) is 0 Å². The van der Waals surface area contributed by atoms with E-state index in [0.29, 0.717) is 10.6 Å². The third-order valence-corrected chi connectivity index (χ3v) is 4.74. The molecule has 6 heteroatoms. The standard InChI is InChI=1S/C21H18N2O3S/c1-15-7-5-11-17(13-15)22-19(24)14-23-20(25)18(27-21(23)26)12-6-10-16-8-3-2-4-9-16/h2-13H,14H2,1H3,(H,22,24)/b10-6-,18-12+. The van der Waals surface area contributed by atoms with Gasteiger partial charge in [0.15, 0.2) is 0 Å². The summed E-state index contributed by atoms with van der Waals surface area (Å²) >= 11 is 0.835. The number of hydrogen-bond donors (Lipinski definition) is 1. The number of nitrogens with zero attached hydrogens (tertiary/aromatic N) is 1. The van der Waals surface area contributed by atoms with E-state index in [9.17, 15) is 14.4 Å². The largest absolute Gasteiger partial charge is 0.325 e. The summed E-state index contributed by atoms with van der Waals surface area (Å²) < 4.78 is 0. The lowest BCUT2D eigenvalue weighted by molar-refractivity contribution is -0.127. The number of carbonyl (C=O) groups is 3. The van der Waals surface area contributed by atoms with Crippen molar-refractivity contribution < 1.29 is 14.4 Å². The first-order chi connectivity index (χ1) is 13.0. The van der Waals surface area contributed by atoms with Gasteiger partial charge in [0.25, 0.3) is 11.1 Å². The summed E-state index contributed by atoms with van der Waals surface area (Å²) in [4.78, 5) is 37.9. The predicted octanol–water partition coefficient (Wildman–Crippen LogP) is 4.23. The molecule has 0 aliphatic carbocycles. The van der Waals surface area contributed by atoms with Gasteiger partial charge in [0.2, 0.25) is 5.91 Å². The predicted molar refractivity (Wildman–Crippen MR) is 108 cm³/mol. The molecule has 5 nitrogen and oxygen atoms in total. The van der Waals surface area contributed by atoms with E-state index in [1.54, 1.807) is 18.2 Å². The van der Waals surface area contributed by atoms with Crippen molar-refractivity contribution in [3.05, 3.63) is 82.8 Å². The molecule has 136 valence electrons. The molecule has 0 aromatic heterocycles. The van der Waals surface area contributed by atoms with E-state index in [4.69, 9.17) is 0 Å². The third kappa shape index (κ3) is 4.95. The Morgan fingerprint density at radius 1 is 1.11 bits per heavy atom. The smallest absolute Gasteiger partial charge is 0.294 e. The van der Waals surface area contributed by atoms with E-state index in [1.807, 2.05) is 61.5 Å². The lowest BCUT2D eigenvalue weighted by atomic mass is 10.2. The number of hydrogen-bond acceptors (Lipinski definition) is 4. The number of aryl methyl sites for hydroxylation is 1. The highest BCUT2D eigenvalue weighted by Gasteiger charge is 2.35. The van der Waals surface area contributed by atoms with E-state index in [0.717, 1.165) is 27.8 Å². The van der Waals surface area contributed by atoms with E-state index in [2.05, 4.69) is 5.32 Å². The number of amides is 3. The average Bonchev–Trinajstić information content (AvgIpc) is 2.90. The molecule has 0 radical (unpaired) electrons. The normalized spacial score (nSPS) is 15.7. The van der Waals surface area contributed by atoms with Gasteiger partial charge in [0.1, 0.15) is 6.54 Å². The summed E-state index contributed by atoms with van der Waals surface area (Å²) in [5, 5.41) is 2.26. The molecule has 0 atom stereocenters. The number of anilines is 1. The SMILES string of the molecule is Cc1cccc(NC(=O)CN2C(=O)S/C(=C/C=C\c3ccccc3)C2=O)c1. The van der Waals surface area contributed by atoms with Gasteiger partial charge < -0.3 is 5.32 Å². The molecule has 2 aromatic rings. The van der Waals surface area contributed by atoms with Crippen molar-refractivity contribution in [3.8, 4) is 0 Å². The Bertz CT molecular complexity index is 935. The van der Waals surface area contributed by atoms with Gasteiger partial charge in [-0.15, -0.1) is 0 Å². The van der Waals surface area contributed by atoms with Crippen LogP contribution in [0.5, 0.6) is 0 Å². The van der Waals surface area contributed by atoms with Crippen molar-refractivity contribution in [1.82, 2.24) is 4.90 Å². The van der Waals surface area contributed by atoms with E-state index in [-0.39, 0.29) is 6.54 Å². The summed E-state index contributed by atoms with van der Waals surface area (Å²) in [5.74, 6) is -0.869. The molecule has 0 saturated carbocycles. The van der Waals surface area contributed by atoms with Crippen molar-refractivity contribution in [1.29, 1.82) is 0 Å². The molecule has 1 saturated heterocycles. The first kappa shape index (κ1) is 18.7. The second-order valence-electron chi connectivity index (χ2n) is 5.98.